The van der Waals surface area contributed by atoms with Crippen LogP contribution in [0.15, 0.2) is 35.5 Å². The molecule has 0 radical (unpaired) electrons. The molecular weight excluding hydrogens is 306 g/mol. The summed E-state index contributed by atoms with van der Waals surface area (Å²) in [5.41, 5.74) is 1.43. The summed E-state index contributed by atoms with van der Waals surface area (Å²) in [4.78, 5) is 25.4. The van der Waals surface area contributed by atoms with Crippen LogP contribution in [-0.2, 0) is 12.6 Å². The summed E-state index contributed by atoms with van der Waals surface area (Å²) in [7, 11) is 3.37. The lowest BCUT2D eigenvalue weighted by Gasteiger charge is -2.16. The van der Waals surface area contributed by atoms with E-state index < -0.39 is 5.60 Å². The highest BCUT2D eigenvalue weighted by molar-refractivity contribution is 5.91. The van der Waals surface area contributed by atoms with Crippen molar-refractivity contribution in [3.05, 3.63) is 46.8 Å². The second-order valence-corrected chi connectivity index (χ2v) is 6.15. The fourth-order valence-corrected chi connectivity index (χ4v) is 2.46. The summed E-state index contributed by atoms with van der Waals surface area (Å²) in [5, 5.41) is 13.4. The SMILES string of the molecule is CNc1nc(-c2ccc(C(C)(C)O)nc2)cc2ncn(C)c(=O)c12. The normalized spacial score (nSPS) is 11.7. The van der Waals surface area contributed by atoms with Gasteiger partial charge in [0.15, 0.2) is 0 Å². The first-order valence-electron chi connectivity index (χ1n) is 7.54. The van der Waals surface area contributed by atoms with Crippen molar-refractivity contribution in [2.24, 2.45) is 7.05 Å². The molecule has 7 nitrogen and oxygen atoms in total. The fraction of sp³-hybridized carbons (Fsp3) is 0.294. The number of hydrogen-bond acceptors (Lipinski definition) is 6. The van der Waals surface area contributed by atoms with Crippen LogP contribution in [0.3, 0.4) is 0 Å². The first-order chi connectivity index (χ1) is 11.3. The maximum absolute atomic E-state index is 12.3. The van der Waals surface area contributed by atoms with E-state index in [0.29, 0.717) is 28.1 Å². The Morgan fingerprint density at radius 1 is 1.25 bits per heavy atom. The molecule has 2 N–H and O–H groups in total. The van der Waals surface area contributed by atoms with Gasteiger partial charge in [0.25, 0.3) is 5.56 Å². The predicted molar refractivity (Wildman–Crippen MR) is 92.8 cm³/mol. The Morgan fingerprint density at radius 3 is 2.58 bits per heavy atom. The van der Waals surface area contributed by atoms with E-state index in [1.807, 2.05) is 6.07 Å². The van der Waals surface area contributed by atoms with E-state index in [1.54, 1.807) is 46.3 Å². The highest BCUT2D eigenvalue weighted by atomic mass is 16.3. The summed E-state index contributed by atoms with van der Waals surface area (Å²) in [5.74, 6) is 0.475. The molecule has 0 spiro atoms. The minimum atomic E-state index is -1.00. The van der Waals surface area contributed by atoms with Crippen molar-refractivity contribution in [2.45, 2.75) is 19.4 Å². The monoisotopic (exact) mass is 325 g/mol. The number of fused-ring (bicyclic) bond motifs is 1. The molecule has 0 saturated carbocycles. The average molecular weight is 325 g/mol. The van der Waals surface area contributed by atoms with E-state index in [0.717, 1.165) is 5.56 Å². The van der Waals surface area contributed by atoms with Crippen LogP contribution in [0.2, 0.25) is 0 Å². The Morgan fingerprint density at radius 2 is 2.00 bits per heavy atom. The number of aryl methyl sites for hydroxylation is 1. The minimum Gasteiger partial charge on any atom is -0.384 e. The summed E-state index contributed by atoms with van der Waals surface area (Å²) < 4.78 is 1.42. The molecule has 3 heterocycles. The Hall–Kier alpha value is -2.80. The van der Waals surface area contributed by atoms with Gasteiger partial charge in [0, 0.05) is 25.9 Å². The predicted octanol–water partition coefficient (Wildman–Crippen LogP) is 1.66. The number of hydrogen-bond donors (Lipinski definition) is 2. The molecule has 3 rings (SSSR count). The van der Waals surface area contributed by atoms with Gasteiger partial charge in [0.1, 0.15) is 16.8 Å². The fourth-order valence-electron chi connectivity index (χ4n) is 2.46. The average Bonchev–Trinajstić information content (AvgIpc) is 2.56. The van der Waals surface area contributed by atoms with Gasteiger partial charge in [-0.25, -0.2) is 9.97 Å². The number of pyridine rings is 2. The molecule has 0 amide bonds. The van der Waals surface area contributed by atoms with Gasteiger partial charge in [0.05, 0.1) is 23.2 Å². The third-order valence-corrected chi connectivity index (χ3v) is 3.83. The number of anilines is 1. The van der Waals surface area contributed by atoms with Crippen LogP contribution in [-0.4, -0.2) is 31.7 Å². The molecule has 0 saturated heterocycles. The van der Waals surface area contributed by atoms with E-state index in [9.17, 15) is 9.90 Å². The molecule has 3 aromatic heterocycles. The smallest absolute Gasteiger partial charge is 0.264 e. The molecule has 0 unspecified atom stereocenters. The Bertz CT molecular complexity index is 956. The standard InChI is InChI=1S/C17H19N5O2/c1-17(2,24)13-6-5-10(8-19-13)11-7-12-14(15(18-3)21-11)16(23)22(4)9-20-12/h5-9,24H,1-4H3,(H,18,21). The molecular formula is C17H19N5O2. The molecule has 0 aliphatic carbocycles. The lowest BCUT2D eigenvalue weighted by Crippen LogP contribution is -2.19. The highest BCUT2D eigenvalue weighted by Crippen LogP contribution is 2.25. The molecule has 0 aliphatic rings. The van der Waals surface area contributed by atoms with Gasteiger partial charge in [-0.3, -0.25) is 9.78 Å². The van der Waals surface area contributed by atoms with Crippen molar-refractivity contribution in [2.75, 3.05) is 12.4 Å². The van der Waals surface area contributed by atoms with Crippen molar-refractivity contribution < 1.29 is 5.11 Å². The van der Waals surface area contributed by atoms with E-state index in [2.05, 4.69) is 20.3 Å². The van der Waals surface area contributed by atoms with E-state index >= 15 is 0 Å². The van der Waals surface area contributed by atoms with Gasteiger partial charge in [-0.15, -0.1) is 0 Å². The van der Waals surface area contributed by atoms with E-state index in [-0.39, 0.29) is 5.56 Å². The molecule has 0 atom stereocenters. The second-order valence-electron chi connectivity index (χ2n) is 6.15. The molecule has 0 aliphatic heterocycles. The molecule has 3 aromatic rings. The van der Waals surface area contributed by atoms with Crippen LogP contribution in [0.25, 0.3) is 22.2 Å². The van der Waals surface area contributed by atoms with Gasteiger partial charge >= 0.3 is 0 Å². The van der Waals surface area contributed by atoms with Gasteiger partial charge in [-0.05, 0) is 32.0 Å². The van der Waals surface area contributed by atoms with E-state index in [4.69, 9.17) is 0 Å². The van der Waals surface area contributed by atoms with Gasteiger partial charge < -0.3 is 15.0 Å². The summed E-state index contributed by atoms with van der Waals surface area (Å²) in [6.45, 7) is 3.37. The van der Waals surface area contributed by atoms with Gasteiger partial charge in [0.2, 0.25) is 0 Å². The lowest BCUT2D eigenvalue weighted by atomic mass is 10.0. The van der Waals surface area contributed by atoms with Crippen molar-refractivity contribution in [1.29, 1.82) is 0 Å². The van der Waals surface area contributed by atoms with Crippen LogP contribution in [0.1, 0.15) is 19.5 Å². The third kappa shape index (κ3) is 2.74. The Kier molecular flexibility index (Phi) is 3.81. The summed E-state index contributed by atoms with van der Waals surface area (Å²) >= 11 is 0. The number of nitrogens with one attached hydrogen (secondary N) is 1. The lowest BCUT2D eigenvalue weighted by molar-refractivity contribution is 0.0739. The molecule has 24 heavy (non-hydrogen) atoms. The van der Waals surface area contributed by atoms with Crippen LogP contribution in [0.5, 0.6) is 0 Å². The van der Waals surface area contributed by atoms with E-state index in [1.165, 1.54) is 10.9 Å². The zero-order valence-corrected chi connectivity index (χ0v) is 14.0. The van der Waals surface area contributed by atoms with Gasteiger partial charge in [-0.1, -0.05) is 0 Å². The first kappa shape index (κ1) is 16.1. The molecule has 124 valence electrons. The van der Waals surface area contributed by atoms with Crippen molar-refractivity contribution >= 4 is 16.7 Å². The number of rotatable bonds is 3. The van der Waals surface area contributed by atoms with Crippen molar-refractivity contribution in [3.8, 4) is 11.3 Å². The molecule has 0 fully saturated rings. The highest BCUT2D eigenvalue weighted by Gasteiger charge is 2.18. The number of nitrogens with zero attached hydrogens (tertiary/aromatic N) is 4. The zero-order valence-electron chi connectivity index (χ0n) is 14.0. The topological polar surface area (TPSA) is 92.9 Å². The maximum Gasteiger partial charge on any atom is 0.264 e. The van der Waals surface area contributed by atoms with Crippen molar-refractivity contribution in [1.82, 2.24) is 19.5 Å². The zero-order chi connectivity index (χ0) is 17.5. The number of aliphatic hydroxyl groups is 1. The molecule has 0 bridgehead atoms. The molecule has 0 aromatic carbocycles. The third-order valence-electron chi connectivity index (χ3n) is 3.83. The molecule has 7 heteroatoms. The Balaban J connectivity index is 2.17. The maximum atomic E-state index is 12.3. The van der Waals surface area contributed by atoms with Crippen LogP contribution < -0.4 is 10.9 Å². The summed E-state index contributed by atoms with van der Waals surface area (Å²) in [6.07, 6.45) is 3.14. The quantitative estimate of drug-likeness (QED) is 0.761. The Labute approximate surface area is 139 Å². The number of aromatic nitrogens is 4. The minimum absolute atomic E-state index is 0.154. The first-order valence-corrected chi connectivity index (χ1v) is 7.54. The van der Waals surface area contributed by atoms with Crippen molar-refractivity contribution in [3.63, 3.8) is 0 Å². The largest absolute Gasteiger partial charge is 0.384 e. The van der Waals surface area contributed by atoms with Crippen LogP contribution >= 0.6 is 0 Å². The second kappa shape index (κ2) is 5.68. The van der Waals surface area contributed by atoms with Gasteiger partial charge in [-0.2, -0.15) is 0 Å². The van der Waals surface area contributed by atoms with Crippen LogP contribution in [0.4, 0.5) is 5.82 Å². The van der Waals surface area contributed by atoms with Crippen LogP contribution in [0, 0.1) is 0 Å². The summed E-state index contributed by atoms with van der Waals surface area (Å²) in [6, 6.07) is 5.37.